The van der Waals surface area contributed by atoms with Gasteiger partial charge in [0.05, 0.1) is 20.3 Å². The number of hydrogen-bond acceptors (Lipinski definition) is 7. The number of amides is 1. The predicted octanol–water partition coefficient (Wildman–Crippen LogP) is 2.09. The molecule has 1 atom stereocenters. The molecule has 30 heavy (non-hydrogen) atoms. The average Bonchev–Trinajstić information content (AvgIpc) is 3.46. The van der Waals surface area contributed by atoms with Gasteiger partial charge >= 0.3 is 0 Å². The van der Waals surface area contributed by atoms with Gasteiger partial charge in [-0.25, -0.2) is 4.68 Å². The molecule has 2 N–H and O–H groups in total. The lowest BCUT2D eigenvalue weighted by Crippen LogP contribution is -2.41. The summed E-state index contributed by atoms with van der Waals surface area (Å²) in [5, 5.41) is 12.9. The van der Waals surface area contributed by atoms with E-state index in [1.807, 2.05) is 22.9 Å². The number of ether oxygens (including phenoxy) is 2. The summed E-state index contributed by atoms with van der Waals surface area (Å²) >= 11 is 0. The molecule has 9 heteroatoms. The van der Waals surface area contributed by atoms with E-state index in [4.69, 9.17) is 15.2 Å². The third-order valence-electron chi connectivity index (χ3n) is 6.47. The van der Waals surface area contributed by atoms with Crippen molar-refractivity contribution in [3.63, 3.8) is 0 Å². The topological polar surface area (TPSA) is 108 Å². The molecule has 1 saturated carbocycles. The largest absolute Gasteiger partial charge is 0.497 e. The first-order chi connectivity index (χ1) is 14.6. The number of tetrazole rings is 1. The van der Waals surface area contributed by atoms with Crippen molar-refractivity contribution in [3.05, 3.63) is 29.6 Å². The molecule has 1 aliphatic heterocycles. The van der Waals surface area contributed by atoms with Crippen LogP contribution in [0.4, 0.5) is 0 Å². The quantitative estimate of drug-likeness (QED) is 0.739. The summed E-state index contributed by atoms with van der Waals surface area (Å²) in [5.41, 5.74) is 6.54. The number of nitrogens with two attached hydrogens (primary N) is 1. The van der Waals surface area contributed by atoms with Gasteiger partial charge in [-0.1, -0.05) is 12.8 Å². The van der Waals surface area contributed by atoms with Gasteiger partial charge < -0.3 is 15.2 Å². The smallest absolute Gasteiger partial charge is 0.220 e. The molecule has 2 aliphatic rings. The summed E-state index contributed by atoms with van der Waals surface area (Å²) in [7, 11) is 3.30. The van der Waals surface area contributed by atoms with Gasteiger partial charge in [-0.3, -0.25) is 9.69 Å². The van der Waals surface area contributed by atoms with Crippen LogP contribution in [0.1, 0.15) is 62.0 Å². The highest BCUT2D eigenvalue weighted by Gasteiger charge is 2.35. The third-order valence-corrected chi connectivity index (χ3v) is 6.47. The van der Waals surface area contributed by atoms with Crippen LogP contribution in [0.25, 0.3) is 0 Å². The minimum Gasteiger partial charge on any atom is -0.497 e. The Hall–Kier alpha value is -2.68. The van der Waals surface area contributed by atoms with Crippen LogP contribution in [0.15, 0.2) is 18.2 Å². The van der Waals surface area contributed by atoms with Gasteiger partial charge in [-0.15, -0.1) is 5.10 Å². The van der Waals surface area contributed by atoms with Crippen LogP contribution < -0.4 is 15.2 Å². The summed E-state index contributed by atoms with van der Waals surface area (Å²) in [6.45, 7) is 1.48. The average molecular weight is 415 g/mol. The van der Waals surface area contributed by atoms with Crippen LogP contribution in [0.3, 0.4) is 0 Å². The SMILES string of the molecule is COc1ccc([C@@H](c2nnnn2C2CCCC2)N2CCC(C(N)=O)CC2)c(OC)c1. The molecule has 0 radical (unpaired) electrons. The summed E-state index contributed by atoms with van der Waals surface area (Å²) < 4.78 is 13.1. The molecule has 1 saturated heterocycles. The second kappa shape index (κ2) is 8.99. The Morgan fingerprint density at radius 1 is 1.13 bits per heavy atom. The number of aromatic nitrogens is 4. The minimum absolute atomic E-state index is 0.0783. The first-order valence-corrected chi connectivity index (χ1v) is 10.7. The first kappa shape index (κ1) is 20.6. The number of nitrogens with zero attached hydrogens (tertiary/aromatic N) is 5. The molecule has 2 heterocycles. The van der Waals surface area contributed by atoms with E-state index < -0.39 is 0 Å². The lowest BCUT2D eigenvalue weighted by molar-refractivity contribution is -0.123. The molecule has 0 bridgehead atoms. The molecule has 1 amide bonds. The highest BCUT2D eigenvalue weighted by atomic mass is 16.5. The second-order valence-electron chi connectivity index (χ2n) is 8.14. The summed E-state index contributed by atoms with van der Waals surface area (Å²) in [6.07, 6.45) is 6.04. The Balaban J connectivity index is 1.73. The maximum absolute atomic E-state index is 11.7. The van der Waals surface area contributed by atoms with Gasteiger partial charge in [0.2, 0.25) is 5.91 Å². The zero-order chi connectivity index (χ0) is 21.1. The molecular weight excluding hydrogens is 384 g/mol. The van der Waals surface area contributed by atoms with Gasteiger partial charge in [0.1, 0.15) is 17.5 Å². The van der Waals surface area contributed by atoms with Crippen LogP contribution in [-0.2, 0) is 4.79 Å². The summed E-state index contributed by atoms with van der Waals surface area (Å²) in [4.78, 5) is 14.0. The molecule has 1 aliphatic carbocycles. The lowest BCUT2D eigenvalue weighted by Gasteiger charge is -2.37. The Morgan fingerprint density at radius 3 is 2.50 bits per heavy atom. The van der Waals surface area contributed by atoms with Gasteiger partial charge in [-0.2, -0.15) is 0 Å². The van der Waals surface area contributed by atoms with E-state index in [-0.39, 0.29) is 17.9 Å². The highest BCUT2D eigenvalue weighted by Crippen LogP contribution is 2.39. The molecular formula is C21H30N6O3. The Kier molecular flexibility index (Phi) is 6.17. The summed E-state index contributed by atoms with van der Waals surface area (Å²) in [5.74, 6) is 1.99. The van der Waals surface area contributed by atoms with Crippen LogP contribution >= 0.6 is 0 Å². The molecule has 162 valence electrons. The van der Waals surface area contributed by atoms with Crippen molar-refractivity contribution in [1.82, 2.24) is 25.1 Å². The fraction of sp³-hybridized carbons (Fsp3) is 0.619. The van der Waals surface area contributed by atoms with Crippen LogP contribution in [0.5, 0.6) is 11.5 Å². The number of methoxy groups -OCH3 is 2. The number of primary amides is 1. The summed E-state index contributed by atoms with van der Waals surface area (Å²) in [6, 6.07) is 6.00. The van der Waals surface area contributed by atoms with Crippen molar-refractivity contribution in [2.24, 2.45) is 11.7 Å². The number of hydrogen-bond donors (Lipinski definition) is 1. The fourth-order valence-electron chi connectivity index (χ4n) is 4.78. The number of benzene rings is 1. The Labute approximate surface area is 176 Å². The fourth-order valence-corrected chi connectivity index (χ4v) is 4.78. The number of piperidine rings is 1. The highest BCUT2D eigenvalue weighted by molar-refractivity contribution is 5.76. The normalized spacial score (nSPS) is 19.7. The van der Waals surface area contributed by atoms with Gasteiger partial charge in [0.25, 0.3) is 0 Å². The number of carbonyl (C=O) groups excluding carboxylic acids is 1. The maximum Gasteiger partial charge on any atom is 0.220 e. The van der Waals surface area contributed by atoms with Gasteiger partial charge in [0.15, 0.2) is 5.82 Å². The van der Waals surface area contributed by atoms with Crippen molar-refractivity contribution < 1.29 is 14.3 Å². The zero-order valence-electron chi connectivity index (χ0n) is 17.7. The van der Waals surface area contributed by atoms with Crippen molar-refractivity contribution >= 4 is 5.91 Å². The van der Waals surface area contributed by atoms with Crippen molar-refractivity contribution in [2.45, 2.75) is 50.6 Å². The minimum atomic E-state index is -0.219. The molecule has 0 spiro atoms. The standard InChI is InChI=1S/C21H30N6O3/c1-29-16-7-8-17(18(13-16)30-2)19(26-11-9-14(10-12-26)20(22)28)21-23-24-25-27(21)15-5-3-4-6-15/h7-8,13-15,19H,3-6,9-12H2,1-2H3,(H2,22,28)/t19-/m0/s1. The van der Waals surface area contributed by atoms with Gasteiger partial charge in [-0.05, 0) is 61.3 Å². The van der Waals surface area contributed by atoms with E-state index in [0.717, 1.165) is 61.7 Å². The lowest BCUT2D eigenvalue weighted by atomic mass is 9.93. The molecule has 2 aromatic rings. The zero-order valence-corrected chi connectivity index (χ0v) is 17.7. The molecule has 1 aromatic heterocycles. The molecule has 2 fully saturated rings. The number of rotatable bonds is 7. The Morgan fingerprint density at radius 2 is 1.87 bits per heavy atom. The van der Waals surface area contributed by atoms with E-state index in [1.165, 1.54) is 12.8 Å². The monoisotopic (exact) mass is 414 g/mol. The molecule has 1 aromatic carbocycles. The molecule has 4 rings (SSSR count). The van der Waals surface area contributed by atoms with Gasteiger partial charge in [0, 0.05) is 17.5 Å². The van der Waals surface area contributed by atoms with E-state index in [1.54, 1.807) is 14.2 Å². The molecule has 9 nitrogen and oxygen atoms in total. The third kappa shape index (κ3) is 3.98. The number of carbonyl (C=O) groups is 1. The van der Waals surface area contributed by atoms with E-state index in [9.17, 15) is 4.79 Å². The van der Waals surface area contributed by atoms with E-state index >= 15 is 0 Å². The van der Waals surface area contributed by atoms with E-state index in [2.05, 4.69) is 20.4 Å². The van der Waals surface area contributed by atoms with Crippen LogP contribution in [-0.4, -0.2) is 58.3 Å². The predicted molar refractivity (Wildman–Crippen MR) is 110 cm³/mol. The Bertz CT molecular complexity index is 871. The maximum atomic E-state index is 11.7. The van der Waals surface area contributed by atoms with Crippen LogP contribution in [0, 0.1) is 5.92 Å². The second-order valence-corrected chi connectivity index (χ2v) is 8.14. The molecule has 0 unspecified atom stereocenters. The van der Waals surface area contributed by atoms with Crippen molar-refractivity contribution in [3.8, 4) is 11.5 Å². The van der Waals surface area contributed by atoms with Crippen molar-refractivity contribution in [1.29, 1.82) is 0 Å². The first-order valence-electron chi connectivity index (χ1n) is 10.7. The number of likely N-dealkylation sites (tertiary alicyclic amines) is 1. The van der Waals surface area contributed by atoms with Crippen molar-refractivity contribution in [2.75, 3.05) is 27.3 Å². The van der Waals surface area contributed by atoms with Crippen LogP contribution in [0.2, 0.25) is 0 Å². The van der Waals surface area contributed by atoms with E-state index in [0.29, 0.717) is 6.04 Å².